The topological polar surface area (TPSA) is 60.1 Å². The quantitative estimate of drug-likeness (QED) is 0.794. The van der Waals surface area contributed by atoms with Crippen molar-refractivity contribution in [2.75, 3.05) is 32.7 Å². The van der Waals surface area contributed by atoms with Gasteiger partial charge in [-0.3, -0.25) is 9.36 Å². The van der Waals surface area contributed by atoms with E-state index < -0.39 is 0 Å². The van der Waals surface area contributed by atoms with Crippen molar-refractivity contribution < 1.29 is 4.74 Å². The molecule has 0 unspecified atom stereocenters. The highest BCUT2D eigenvalue weighted by Crippen LogP contribution is 2.21. The minimum absolute atomic E-state index is 0.676. The minimum atomic E-state index is 0.676. The van der Waals surface area contributed by atoms with Crippen LogP contribution in [0.5, 0.6) is 0 Å². The predicted molar refractivity (Wildman–Crippen MR) is 96.4 cm³/mol. The Kier molecular flexibility index (Phi) is 6.01. The van der Waals surface area contributed by atoms with Crippen LogP contribution in [0.2, 0.25) is 0 Å². The van der Waals surface area contributed by atoms with E-state index in [0.717, 1.165) is 36.8 Å². The van der Waals surface area contributed by atoms with E-state index in [1.807, 2.05) is 30.5 Å². The molecule has 0 bridgehead atoms. The maximum atomic E-state index is 5.15. The van der Waals surface area contributed by atoms with Gasteiger partial charge in [-0.1, -0.05) is 0 Å². The van der Waals surface area contributed by atoms with E-state index >= 15 is 0 Å². The van der Waals surface area contributed by atoms with E-state index in [0.29, 0.717) is 6.61 Å². The molecule has 0 atom stereocenters. The van der Waals surface area contributed by atoms with Gasteiger partial charge in [0.15, 0.2) is 0 Å². The summed E-state index contributed by atoms with van der Waals surface area (Å²) in [6.45, 7) is 9.29. The van der Waals surface area contributed by atoms with E-state index in [-0.39, 0.29) is 0 Å². The summed E-state index contributed by atoms with van der Waals surface area (Å²) in [5, 5.41) is 12.7. The van der Waals surface area contributed by atoms with Crippen molar-refractivity contribution in [1.82, 2.24) is 24.9 Å². The van der Waals surface area contributed by atoms with Crippen molar-refractivity contribution in [1.29, 1.82) is 0 Å². The molecule has 2 rings (SSSR count). The number of methoxy groups -OCH3 is 1. The molecule has 0 aliphatic carbocycles. The number of aromatic nitrogens is 4. The molecule has 7 nitrogen and oxygen atoms in total. The standard InChI is InChI=1S/C17H30N6O/c1-12-15(14(3)23(20-12)8-9-24-7)10-18-11-16-13(2)19-22(6)17(16)21(4)5/h18H,8-11H2,1-7H3. The van der Waals surface area contributed by atoms with Crippen molar-refractivity contribution in [3.8, 4) is 0 Å². The van der Waals surface area contributed by atoms with Crippen molar-refractivity contribution in [3.63, 3.8) is 0 Å². The summed E-state index contributed by atoms with van der Waals surface area (Å²) in [6, 6.07) is 0. The molecule has 2 aromatic heterocycles. The van der Waals surface area contributed by atoms with Gasteiger partial charge in [0.2, 0.25) is 0 Å². The fourth-order valence-electron chi connectivity index (χ4n) is 3.15. The number of aryl methyl sites for hydroxylation is 3. The SMILES string of the molecule is COCCn1nc(C)c(CNCc2c(C)nn(C)c2N(C)C)c1C. The molecule has 24 heavy (non-hydrogen) atoms. The molecule has 0 aliphatic rings. The van der Waals surface area contributed by atoms with Crippen molar-refractivity contribution in [3.05, 3.63) is 28.2 Å². The summed E-state index contributed by atoms with van der Waals surface area (Å²) in [5.74, 6) is 1.14. The fraction of sp³-hybridized carbons (Fsp3) is 0.647. The molecule has 2 heterocycles. The second kappa shape index (κ2) is 7.81. The lowest BCUT2D eigenvalue weighted by molar-refractivity contribution is 0.182. The molecule has 0 radical (unpaired) electrons. The highest BCUT2D eigenvalue weighted by Gasteiger charge is 2.16. The second-order valence-electron chi connectivity index (χ2n) is 6.37. The fourth-order valence-corrected chi connectivity index (χ4v) is 3.15. The van der Waals surface area contributed by atoms with Gasteiger partial charge in [0.25, 0.3) is 0 Å². The number of nitrogens with zero attached hydrogens (tertiary/aromatic N) is 5. The number of rotatable bonds is 8. The third-order valence-corrected chi connectivity index (χ3v) is 4.38. The van der Waals surface area contributed by atoms with E-state index in [2.05, 4.69) is 41.2 Å². The summed E-state index contributed by atoms with van der Waals surface area (Å²) in [5.41, 5.74) is 5.85. The molecule has 134 valence electrons. The van der Waals surface area contributed by atoms with Gasteiger partial charge in [0.1, 0.15) is 5.82 Å². The normalized spacial score (nSPS) is 11.3. The van der Waals surface area contributed by atoms with Gasteiger partial charge in [-0.05, 0) is 20.8 Å². The van der Waals surface area contributed by atoms with Crippen LogP contribution in [0.15, 0.2) is 0 Å². The van der Waals surface area contributed by atoms with E-state index in [9.17, 15) is 0 Å². The molecule has 0 saturated carbocycles. The summed E-state index contributed by atoms with van der Waals surface area (Å²) in [4.78, 5) is 2.11. The number of nitrogens with one attached hydrogen (secondary N) is 1. The van der Waals surface area contributed by atoms with Crippen molar-refractivity contribution >= 4 is 5.82 Å². The smallest absolute Gasteiger partial charge is 0.130 e. The Labute approximate surface area is 144 Å². The van der Waals surface area contributed by atoms with Crippen molar-refractivity contribution in [2.45, 2.75) is 40.4 Å². The Balaban J connectivity index is 2.07. The zero-order valence-electron chi connectivity index (χ0n) is 16.0. The Morgan fingerprint density at radius 3 is 2.29 bits per heavy atom. The molecule has 7 heteroatoms. The molecule has 0 amide bonds. The lowest BCUT2D eigenvalue weighted by Gasteiger charge is -2.15. The summed E-state index contributed by atoms with van der Waals surface area (Å²) in [6.07, 6.45) is 0. The van der Waals surface area contributed by atoms with Gasteiger partial charge >= 0.3 is 0 Å². The molecular weight excluding hydrogens is 304 g/mol. The Hall–Kier alpha value is -1.86. The third-order valence-electron chi connectivity index (χ3n) is 4.38. The van der Waals surface area contributed by atoms with Crippen molar-refractivity contribution in [2.24, 2.45) is 7.05 Å². The van der Waals surface area contributed by atoms with Gasteiger partial charge in [0, 0.05) is 58.2 Å². The Morgan fingerprint density at radius 1 is 1.04 bits per heavy atom. The number of anilines is 1. The highest BCUT2D eigenvalue weighted by atomic mass is 16.5. The summed E-state index contributed by atoms with van der Waals surface area (Å²) in [7, 11) is 7.80. The van der Waals surface area contributed by atoms with E-state index in [1.54, 1.807) is 7.11 Å². The molecule has 0 spiro atoms. The number of hydrogen-bond donors (Lipinski definition) is 1. The van der Waals surface area contributed by atoms with Gasteiger partial charge in [0.05, 0.1) is 24.5 Å². The van der Waals surface area contributed by atoms with Crippen LogP contribution in [0, 0.1) is 20.8 Å². The van der Waals surface area contributed by atoms with Crippen LogP contribution in [0.3, 0.4) is 0 Å². The molecule has 0 fully saturated rings. The molecule has 0 aliphatic heterocycles. The first kappa shape index (κ1) is 18.5. The maximum absolute atomic E-state index is 5.15. The Morgan fingerprint density at radius 2 is 1.67 bits per heavy atom. The molecular formula is C17H30N6O. The van der Waals surface area contributed by atoms with E-state index in [1.165, 1.54) is 16.8 Å². The largest absolute Gasteiger partial charge is 0.383 e. The zero-order chi connectivity index (χ0) is 17.9. The molecule has 0 aromatic carbocycles. The van der Waals surface area contributed by atoms with Crippen LogP contribution >= 0.6 is 0 Å². The van der Waals surface area contributed by atoms with Crippen LogP contribution in [0.1, 0.15) is 28.2 Å². The third kappa shape index (κ3) is 3.79. The second-order valence-corrected chi connectivity index (χ2v) is 6.37. The average Bonchev–Trinajstić information content (AvgIpc) is 2.94. The lowest BCUT2D eigenvalue weighted by Crippen LogP contribution is -2.19. The van der Waals surface area contributed by atoms with Gasteiger partial charge in [-0.15, -0.1) is 0 Å². The van der Waals surface area contributed by atoms with Crippen LogP contribution in [-0.2, 0) is 31.4 Å². The molecule has 1 N–H and O–H groups in total. The van der Waals surface area contributed by atoms with E-state index in [4.69, 9.17) is 4.74 Å². The molecule has 0 saturated heterocycles. The predicted octanol–water partition coefficient (Wildman–Crippen LogP) is 1.54. The number of ether oxygens (including phenoxy) is 1. The van der Waals surface area contributed by atoms with Gasteiger partial charge < -0.3 is 15.0 Å². The zero-order valence-corrected chi connectivity index (χ0v) is 16.0. The van der Waals surface area contributed by atoms with Gasteiger partial charge in [-0.25, -0.2) is 0 Å². The molecule has 2 aromatic rings. The van der Waals surface area contributed by atoms with Crippen LogP contribution in [0.4, 0.5) is 5.82 Å². The van der Waals surface area contributed by atoms with Gasteiger partial charge in [-0.2, -0.15) is 10.2 Å². The first-order valence-corrected chi connectivity index (χ1v) is 8.29. The lowest BCUT2D eigenvalue weighted by atomic mass is 10.2. The summed E-state index contributed by atoms with van der Waals surface area (Å²) < 4.78 is 9.11. The summed E-state index contributed by atoms with van der Waals surface area (Å²) >= 11 is 0. The van der Waals surface area contributed by atoms with Crippen LogP contribution < -0.4 is 10.2 Å². The first-order valence-electron chi connectivity index (χ1n) is 8.29. The number of hydrogen-bond acceptors (Lipinski definition) is 5. The first-order chi connectivity index (χ1) is 11.4. The average molecular weight is 334 g/mol. The van der Waals surface area contributed by atoms with Crippen LogP contribution in [-0.4, -0.2) is 47.4 Å². The van der Waals surface area contributed by atoms with Crippen LogP contribution in [0.25, 0.3) is 0 Å². The maximum Gasteiger partial charge on any atom is 0.130 e. The Bertz CT molecular complexity index is 686. The highest BCUT2D eigenvalue weighted by molar-refractivity contribution is 5.48. The minimum Gasteiger partial charge on any atom is -0.383 e. The monoisotopic (exact) mass is 334 g/mol.